The van der Waals surface area contributed by atoms with E-state index in [4.69, 9.17) is 5.53 Å². The Hall–Kier alpha value is -0.310. The summed E-state index contributed by atoms with van der Waals surface area (Å²) in [6, 6.07) is 0. The Balaban J connectivity index is 3.25. The number of hydrogen-bond donors (Lipinski definition) is 1. The van der Waals surface area contributed by atoms with Gasteiger partial charge in [0.2, 0.25) is 0 Å². The molecule has 0 radical (unpaired) electrons. The van der Waals surface area contributed by atoms with E-state index < -0.39 is 0 Å². The zero-order valence-electron chi connectivity index (χ0n) is 4.43. The molecule has 3 heteroatoms. The average Bonchev–Trinajstić information content (AvgIpc) is 1.61. The van der Waals surface area contributed by atoms with Crippen LogP contribution < -0.4 is 0 Å². The lowest BCUT2D eigenvalue weighted by atomic mass is 10.4. The van der Waals surface area contributed by atoms with Crippen LogP contribution in [0.2, 0.25) is 0 Å². The molecular weight excluding hydrogens is 108 g/mol. The molecule has 0 aliphatic heterocycles. The number of nitrogens with one attached hydrogen (secondary N) is 1. The predicted molar refractivity (Wildman–Crippen MR) is 32.2 cm³/mol. The molecule has 0 aromatic carbocycles. The molecular formula is C4H8N2S. The molecule has 0 rings (SSSR count). The minimum Gasteiger partial charge on any atom is -0.197 e. The number of nitrogens with zero attached hydrogens (tertiary/aromatic N) is 1. The Morgan fingerprint density at radius 3 is 2.43 bits per heavy atom. The summed E-state index contributed by atoms with van der Waals surface area (Å²) in [6.45, 7) is 3.94. The van der Waals surface area contributed by atoms with E-state index in [0.29, 0.717) is 0 Å². The molecule has 40 valence electrons. The van der Waals surface area contributed by atoms with Gasteiger partial charge in [0.15, 0.2) is 0 Å². The first kappa shape index (κ1) is 6.69. The van der Waals surface area contributed by atoms with Gasteiger partial charge in [-0.2, -0.15) is 5.53 Å². The van der Waals surface area contributed by atoms with E-state index in [1.54, 1.807) is 0 Å². The van der Waals surface area contributed by atoms with Crippen LogP contribution in [0.1, 0.15) is 13.8 Å². The molecule has 2 nitrogen and oxygen atoms in total. The third-order valence-corrected chi connectivity index (χ3v) is 1.02. The van der Waals surface area contributed by atoms with E-state index in [1.807, 2.05) is 19.3 Å². The lowest BCUT2D eigenvalue weighted by Gasteiger charge is -1.79. The predicted octanol–water partition coefficient (Wildman–Crippen LogP) is 2.59. The molecule has 0 atom stereocenters. The Morgan fingerprint density at radius 1 is 1.71 bits per heavy atom. The fourth-order valence-corrected chi connectivity index (χ4v) is 0.395. The maximum atomic E-state index is 6.34. The van der Waals surface area contributed by atoms with Gasteiger partial charge in [-0.05, 0) is 19.3 Å². The summed E-state index contributed by atoms with van der Waals surface area (Å²) in [7, 11) is 0. The van der Waals surface area contributed by atoms with Crippen molar-refractivity contribution in [3.63, 3.8) is 0 Å². The van der Waals surface area contributed by atoms with Gasteiger partial charge in [-0.25, -0.2) is 0 Å². The molecule has 0 fully saturated rings. The van der Waals surface area contributed by atoms with Crippen molar-refractivity contribution >= 4 is 11.9 Å². The zero-order valence-corrected chi connectivity index (χ0v) is 5.25. The second-order valence-corrected chi connectivity index (χ2v) is 2.02. The molecule has 0 aromatic rings. The van der Waals surface area contributed by atoms with Crippen LogP contribution in [-0.4, -0.2) is 0 Å². The summed E-state index contributed by atoms with van der Waals surface area (Å²) in [5.41, 5.74) is 7.52. The highest BCUT2D eigenvalue weighted by molar-refractivity contribution is 8.00. The van der Waals surface area contributed by atoms with Crippen molar-refractivity contribution in [3.05, 3.63) is 11.0 Å². The molecule has 7 heavy (non-hydrogen) atoms. The van der Waals surface area contributed by atoms with Crippen LogP contribution >= 0.6 is 11.9 Å². The highest BCUT2D eigenvalue weighted by atomic mass is 32.2. The lowest BCUT2D eigenvalue weighted by Crippen LogP contribution is -1.53. The van der Waals surface area contributed by atoms with Crippen molar-refractivity contribution in [2.24, 2.45) is 4.52 Å². The monoisotopic (exact) mass is 116 g/mol. The maximum Gasteiger partial charge on any atom is 0.0255 e. The first-order valence-corrected chi connectivity index (χ1v) is 2.77. The second-order valence-electron chi connectivity index (χ2n) is 1.39. The smallest absolute Gasteiger partial charge is 0.0255 e. The van der Waals surface area contributed by atoms with Gasteiger partial charge >= 0.3 is 0 Å². The Kier molecular flexibility index (Phi) is 3.69. The summed E-state index contributed by atoms with van der Waals surface area (Å²) >= 11 is 1.15. The van der Waals surface area contributed by atoms with E-state index in [2.05, 4.69) is 4.52 Å². The van der Waals surface area contributed by atoms with Gasteiger partial charge in [-0.1, -0.05) is 5.57 Å². The third-order valence-electron chi connectivity index (χ3n) is 0.341. The van der Waals surface area contributed by atoms with Gasteiger partial charge in [0, 0.05) is 11.9 Å². The van der Waals surface area contributed by atoms with E-state index >= 15 is 0 Å². The molecule has 0 aliphatic carbocycles. The number of rotatable bonds is 2. The van der Waals surface area contributed by atoms with E-state index in [1.165, 1.54) is 5.57 Å². The Labute approximate surface area is 47.6 Å². The molecule has 0 spiro atoms. The van der Waals surface area contributed by atoms with Crippen molar-refractivity contribution in [1.29, 1.82) is 5.53 Å². The van der Waals surface area contributed by atoms with E-state index in [0.717, 1.165) is 11.9 Å². The van der Waals surface area contributed by atoms with Crippen LogP contribution in [-0.2, 0) is 0 Å². The van der Waals surface area contributed by atoms with Crippen molar-refractivity contribution in [2.45, 2.75) is 13.8 Å². The van der Waals surface area contributed by atoms with Crippen LogP contribution in [0.3, 0.4) is 0 Å². The summed E-state index contributed by atoms with van der Waals surface area (Å²) in [5, 5.41) is 1.83. The van der Waals surface area contributed by atoms with Crippen molar-refractivity contribution in [3.8, 4) is 0 Å². The molecule has 0 aromatic heterocycles. The minimum absolute atomic E-state index is 1.15. The summed E-state index contributed by atoms with van der Waals surface area (Å²) in [6.07, 6.45) is 0. The summed E-state index contributed by atoms with van der Waals surface area (Å²) in [4.78, 5) is 0. The minimum atomic E-state index is 1.15. The molecule has 0 saturated carbocycles. The summed E-state index contributed by atoms with van der Waals surface area (Å²) in [5.74, 6) is 0. The zero-order chi connectivity index (χ0) is 5.70. The molecule has 0 aliphatic rings. The van der Waals surface area contributed by atoms with E-state index in [-0.39, 0.29) is 0 Å². The number of allylic oxidation sites excluding steroid dienone is 1. The molecule has 0 heterocycles. The van der Waals surface area contributed by atoms with Crippen LogP contribution in [0.5, 0.6) is 0 Å². The Morgan fingerprint density at radius 2 is 2.29 bits per heavy atom. The third kappa shape index (κ3) is 5.69. The van der Waals surface area contributed by atoms with Crippen molar-refractivity contribution in [2.75, 3.05) is 0 Å². The highest BCUT2D eigenvalue weighted by Gasteiger charge is 1.72. The first-order chi connectivity index (χ1) is 3.27. The van der Waals surface area contributed by atoms with Gasteiger partial charge < -0.3 is 0 Å². The van der Waals surface area contributed by atoms with Crippen molar-refractivity contribution in [1.82, 2.24) is 0 Å². The van der Waals surface area contributed by atoms with Gasteiger partial charge in [0.05, 0.1) is 0 Å². The maximum absolute atomic E-state index is 6.34. The second kappa shape index (κ2) is 3.87. The van der Waals surface area contributed by atoms with Gasteiger partial charge in [0.1, 0.15) is 0 Å². The number of hydrogen-bond acceptors (Lipinski definition) is 3. The summed E-state index contributed by atoms with van der Waals surface area (Å²) < 4.78 is 3.07. The SMILES string of the molecule is CC(C)=CSN=N. The molecule has 0 saturated heterocycles. The highest BCUT2D eigenvalue weighted by Crippen LogP contribution is 2.05. The standard InChI is InChI=1S/C4H8N2S/c1-4(2)3-7-6-5/h3,5H,1-2H3. The van der Waals surface area contributed by atoms with Gasteiger partial charge in [0.25, 0.3) is 0 Å². The van der Waals surface area contributed by atoms with Crippen LogP contribution in [0, 0.1) is 5.53 Å². The lowest BCUT2D eigenvalue weighted by molar-refractivity contribution is 1.26. The largest absolute Gasteiger partial charge is 0.197 e. The quantitative estimate of drug-likeness (QED) is 0.437. The molecule has 0 bridgehead atoms. The van der Waals surface area contributed by atoms with Gasteiger partial charge in [-0.3, -0.25) is 0 Å². The van der Waals surface area contributed by atoms with Crippen LogP contribution in [0.15, 0.2) is 15.5 Å². The van der Waals surface area contributed by atoms with Crippen molar-refractivity contribution < 1.29 is 0 Å². The molecule has 1 N–H and O–H groups in total. The molecule has 0 amide bonds. The Bertz CT molecular complexity index is 83.7. The first-order valence-electron chi connectivity index (χ1n) is 1.93. The van der Waals surface area contributed by atoms with Gasteiger partial charge in [-0.15, -0.1) is 4.52 Å². The fourth-order valence-electron chi connectivity index (χ4n) is 0.132. The topological polar surface area (TPSA) is 36.2 Å². The molecule has 0 unspecified atom stereocenters. The van der Waals surface area contributed by atoms with E-state index in [9.17, 15) is 0 Å². The normalized spacial score (nSPS) is 7.71. The van der Waals surface area contributed by atoms with Crippen LogP contribution in [0.4, 0.5) is 0 Å². The fraction of sp³-hybridized carbons (Fsp3) is 0.500. The van der Waals surface area contributed by atoms with Crippen LogP contribution in [0.25, 0.3) is 0 Å². The average molecular weight is 116 g/mol.